The van der Waals surface area contributed by atoms with Crippen LogP contribution < -0.4 is 5.56 Å². The first-order valence-electron chi connectivity index (χ1n) is 5.09. The highest BCUT2D eigenvalue weighted by Crippen LogP contribution is 2.16. The largest absolute Gasteiger partial charge is 0.477 e. The van der Waals surface area contributed by atoms with Gasteiger partial charge in [0.05, 0.1) is 12.3 Å². The number of rotatable bonds is 3. The van der Waals surface area contributed by atoms with Crippen molar-refractivity contribution in [2.24, 2.45) is 0 Å². The van der Waals surface area contributed by atoms with Crippen molar-refractivity contribution in [2.45, 2.75) is 13.0 Å². The summed E-state index contributed by atoms with van der Waals surface area (Å²) in [6, 6.07) is 5.94. The van der Waals surface area contributed by atoms with Gasteiger partial charge >= 0.3 is 5.97 Å². The number of carbonyl (C=O) groups is 1. The second kappa shape index (κ2) is 4.29. The lowest BCUT2D eigenvalue weighted by molar-refractivity contribution is 0.0694. The lowest BCUT2D eigenvalue weighted by Crippen LogP contribution is -2.28. The second-order valence-corrected chi connectivity index (χ2v) is 3.63. The van der Waals surface area contributed by atoms with Crippen LogP contribution >= 0.6 is 0 Å². The van der Waals surface area contributed by atoms with E-state index in [0.29, 0.717) is 5.76 Å². The zero-order chi connectivity index (χ0) is 12.4. The van der Waals surface area contributed by atoms with E-state index in [-0.39, 0.29) is 11.6 Å². The Morgan fingerprint density at radius 3 is 2.76 bits per heavy atom. The SMILES string of the molecule is C[C@H](c1ccco1)n1cccc(C(=O)O)c1=O. The van der Waals surface area contributed by atoms with Crippen LogP contribution in [-0.2, 0) is 0 Å². The third-order valence-electron chi connectivity index (χ3n) is 2.58. The maximum Gasteiger partial charge on any atom is 0.341 e. The zero-order valence-electron chi connectivity index (χ0n) is 9.16. The van der Waals surface area contributed by atoms with E-state index < -0.39 is 11.5 Å². The number of hydrogen-bond acceptors (Lipinski definition) is 3. The van der Waals surface area contributed by atoms with Crippen LogP contribution in [0.1, 0.15) is 29.1 Å². The minimum Gasteiger partial charge on any atom is -0.477 e. The Labute approximate surface area is 96.9 Å². The van der Waals surface area contributed by atoms with Crippen molar-refractivity contribution < 1.29 is 14.3 Å². The van der Waals surface area contributed by atoms with Gasteiger partial charge in [-0.2, -0.15) is 0 Å². The number of carboxylic acid groups (broad SMARTS) is 1. The highest BCUT2D eigenvalue weighted by molar-refractivity contribution is 5.86. The molecule has 1 atom stereocenters. The van der Waals surface area contributed by atoms with Gasteiger partial charge in [-0.15, -0.1) is 0 Å². The fourth-order valence-corrected chi connectivity index (χ4v) is 1.64. The van der Waals surface area contributed by atoms with Crippen molar-refractivity contribution in [3.63, 3.8) is 0 Å². The van der Waals surface area contributed by atoms with E-state index in [2.05, 4.69) is 0 Å². The molecule has 0 spiro atoms. The molecule has 2 heterocycles. The van der Waals surface area contributed by atoms with Gasteiger partial charge in [0, 0.05) is 6.20 Å². The minimum atomic E-state index is -1.23. The van der Waals surface area contributed by atoms with Gasteiger partial charge in [-0.05, 0) is 31.2 Å². The molecule has 0 unspecified atom stereocenters. The van der Waals surface area contributed by atoms with Crippen molar-refractivity contribution >= 4 is 5.97 Å². The van der Waals surface area contributed by atoms with Crippen LogP contribution in [0.5, 0.6) is 0 Å². The summed E-state index contributed by atoms with van der Waals surface area (Å²) in [6.45, 7) is 1.77. The van der Waals surface area contributed by atoms with Crippen LogP contribution in [0.2, 0.25) is 0 Å². The van der Waals surface area contributed by atoms with Crippen LogP contribution in [-0.4, -0.2) is 15.6 Å². The topological polar surface area (TPSA) is 72.4 Å². The lowest BCUT2D eigenvalue weighted by atomic mass is 10.2. The van der Waals surface area contributed by atoms with Gasteiger partial charge in [-0.1, -0.05) is 0 Å². The molecule has 88 valence electrons. The number of pyridine rings is 1. The number of aromatic nitrogens is 1. The van der Waals surface area contributed by atoms with Crippen LogP contribution in [0.25, 0.3) is 0 Å². The van der Waals surface area contributed by atoms with E-state index in [0.717, 1.165) is 0 Å². The normalized spacial score (nSPS) is 12.3. The monoisotopic (exact) mass is 233 g/mol. The first-order chi connectivity index (χ1) is 8.11. The molecule has 0 amide bonds. The molecule has 0 radical (unpaired) electrons. The van der Waals surface area contributed by atoms with Crippen LogP contribution in [0, 0.1) is 0 Å². The van der Waals surface area contributed by atoms with E-state index in [4.69, 9.17) is 9.52 Å². The highest BCUT2D eigenvalue weighted by atomic mass is 16.4. The molecule has 2 rings (SSSR count). The van der Waals surface area contributed by atoms with E-state index in [1.165, 1.54) is 23.0 Å². The van der Waals surface area contributed by atoms with Crippen molar-refractivity contribution in [1.82, 2.24) is 4.57 Å². The van der Waals surface area contributed by atoms with Gasteiger partial charge in [0.1, 0.15) is 11.3 Å². The van der Waals surface area contributed by atoms with Crippen LogP contribution in [0.3, 0.4) is 0 Å². The molecule has 0 aliphatic rings. The fraction of sp³-hybridized carbons (Fsp3) is 0.167. The Bertz CT molecular complexity index is 583. The summed E-state index contributed by atoms with van der Waals surface area (Å²) in [5.41, 5.74) is -0.783. The first-order valence-corrected chi connectivity index (χ1v) is 5.09. The molecular formula is C12H11NO4. The number of aromatic carboxylic acids is 1. The number of carboxylic acids is 1. The van der Waals surface area contributed by atoms with Crippen molar-refractivity contribution in [1.29, 1.82) is 0 Å². The number of furan rings is 1. The first kappa shape index (κ1) is 11.2. The fourth-order valence-electron chi connectivity index (χ4n) is 1.64. The molecule has 2 aromatic heterocycles. The lowest BCUT2D eigenvalue weighted by Gasteiger charge is -2.12. The van der Waals surface area contributed by atoms with Gasteiger partial charge in [0.15, 0.2) is 0 Å². The summed E-state index contributed by atoms with van der Waals surface area (Å²) >= 11 is 0. The molecule has 0 bridgehead atoms. The van der Waals surface area contributed by atoms with Crippen molar-refractivity contribution in [3.8, 4) is 0 Å². The van der Waals surface area contributed by atoms with Crippen molar-refractivity contribution in [3.05, 3.63) is 58.4 Å². The quantitative estimate of drug-likeness (QED) is 0.876. The van der Waals surface area contributed by atoms with Gasteiger partial charge < -0.3 is 14.1 Å². The Hall–Kier alpha value is -2.30. The molecule has 1 N–H and O–H groups in total. The molecule has 0 fully saturated rings. The Morgan fingerprint density at radius 2 is 2.18 bits per heavy atom. The molecule has 0 aliphatic carbocycles. The zero-order valence-corrected chi connectivity index (χ0v) is 9.16. The van der Waals surface area contributed by atoms with E-state index in [1.54, 1.807) is 25.3 Å². The minimum absolute atomic E-state index is 0.245. The summed E-state index contributed by atoms with van der Waals surface area (Å²) in [6.07, 6.45) is 3.06. The smallest absolute Gasteiger partial charge is 0.341 e. The summed E-state index contributed by atoms with van der Waals surface area (Å²) in [5.74, 6) is -0.620. The number of hydrogen-bond donors (Lipinski definition) is 1. The van der Waals surface area contributed by atoms with Crippen LogP contribution in [0.15, 0.2) is 45.9 Å². The Morgan fingerprint density at radius 1 is 1.41 bits per heavy atom. The predicted molar refractivity (Wildman–Crippen MR) is 60.2 cm³/mol. The third-order valence-corrected chi connectivity index (χ3v) is 2.58. The average molecular weight is 233 g/mol. The molecule has 2 aromatic rings. The standard InChI is InChI=1S/C12H11NO4/c1-8(10-5-3-7-17-10)13-6-2-4-9(11(13)14)12(15)16/h2-8H,1H3,(H,15,16)/t8-/m1/s1. The summed E-state index contributed by atoms with van der Waals surface area (Å²) < 4.78 is 6.53. The van der Waals surface area contributed by atoms with E-state index >= 15 is 0 Å². The third kappa shape index (κ3) is 1.99. The van der Waals surface area contributed by atoms with Gasteiger partial charge in [-0.25, -0.2) is 4.79 Å². The average Bonchev–Trinajstić information content (AvgIpc) is 2.81. The summed E-state index contributed by atoms with van der Waals surface area (Å²) in [4.78, 5) is 22.7. The molecular weight excluding hydrogens is 222 g/mol. The van der Waals surface area contributed by atoms with Gasteiger partial charge in [0.2, 0.25) is 0 Å². The van der Waals surface area contributed by atoms with Crippen molar-refractivity contribution in [2.75, 3.05) is 0 Å². The number of nitrogens with zero attached hydrogens (tertiary/aromatic N) is 1. The predicted octanol–water partition coefficient (Wildman–Crippen LogP) is 1.75. The summed E-state index contributed by atoms with van der Waals surface area (Å²) in [7, 11) is 0. The second-order valence-electron chi connectivity index (χ2n) is 3.63. The molecule has 0 saturated heterocycles. The molecule has 5 nitrogen and oxygen atoms in total. The molecule has 0 saturated carbocycles. The molecule has 0 aromatic carbocycles. The van der Waals surface area contributed by atoms with Gasteiger partial charge in [-0.3, -0.25) is 4.79 Å². The maximum absolute atomic E-state index is 11.9. The van der Waals surface area contributed by atoms with Gasteiger partial charge in [0.25, 0.3) is 5.56 Å². The molecule has 0 aliphatic heterocycles. The molecule has 17 heavy (non-hydrogen) atoms. The highest BCUT2D eigenvalue weighted by Gasteiger charge is 2.16. The summed E-state index contributed by atoms with van der Waals surface area (Å²) in [5, 5.41) is 8.87. The maximum atomic E-state index is 11.9. The Kier molecular flexibility index (Phi) is 2.82. The molecule has 5 heteroatoms. The van der Waals surface area contributed by atoms with E-state index in [9.17, 15) is 9.59 Å². The van der Waals surface area contributed by atoms with Crippen LogP contribution in [0.4, 0.5) is 0 Å². The Balaban J connectivity index is 2.50. The van der Waals surface area contributed by atoms with E-state index in [1.807, 2.05) is 0 Å².